The normalized spacial score (nSPS) is 15.5. The van der Waals surface area contributed by atoms with Crippen LogP contribution in [0.15, 0.2) is 18.2 Å². The molecule has 1 aromatic rings. The van der Waals surface area contributed by atoms with Gasteiger partial charge >= 0.3 is 0 Å². The van der Waals surface area contributed by atoms with Crippen LogP contribution in [0.5, 0.6) is 0 Å². The molecule has 1 heteroatoms. The predicted molar refractivity (Wildman–Crippen MR) is 81.0 cm³/mol. The van der Waals surface area contributed by atoms with Gasteiger partial charge < -0.3 is 5.73 Å². The van der Waals surface area contributed by atoms with Crippen molar-refractivity contribution in [3.05, 3.63) is 34.9 Å². The highest BCUT2D eigenvalue weighted by molar-refractivity contribution is 5.34. The van der Waals surface area contributed by atoms with Crippen LogP contribution >= 0.6 is 0 Å². The summed E-state index contributed by atoms with van der Waals surface area (Å²) < 4.78 is 0. The van der Waals surface area contributed by atoms with E-state index in [1.54, 1.807) is 0 Å². The molecule has 0 amide bonds. The van der Waals surface area contributed by atoms with Crippen molar-refractivity contribution in [2.75, 3.05) is 0 Å². The molecule has 102 valence electrons. The molecular formula is C17H29N. The SMILES string of the molecule is Cc1ccc(C(C)(C)C)cc1CC(C)CC(C)N. The second-order valence-corrected chi connectivity index (χ2v) is 6.91. The summed E-state index contributed by atoms with van der Waals surface area (Å²) in [5, 5.41) is 0. The molecule has 0 aromatic heterocycles. The molecule has 0 radical (unpaired) electrons. The summed E-state index contributed by atoms with van der Waals surface area (Å²) in [5.41, 5.74) is 10.4. The van der Waals surface area contributed by atoms with E-state index in [9.17, 15) is 0 Å². The van der Waals surface area contributed by atoms with Crippen molar-refractivity contribution < 1.29 is 0 Å². The topological polar surface area (TPSA) is 26.0 Å². The predicted octanol–water partition coefficient (Wildman–Crippen LogP) is 4.21. The van der Waals surface area contributed by atoms with Crippen LogP contribution in [0.2, 0.25) is 0 Å². The third kappa shape index (κ3) is 4.45. The van der Waals surface area contributed by atoms with Crippen LogP contribution in [0.3, 0.4) is 0 Å². The standard InChI is InChI=1S/C17H29N/c1-12(9-14(3)18)10-15-11-16(17(4,5)6)8-7-13(15)2/h7-8,11-12,14H,9-10,18H2,1-6H3. The van der Waals surface area contributed by atoms with Crippen LogP contribution in [0.4, 0.5) is 0 Å². The van der Waals surface area contributed by atoms with Crippen LogP contribution in [0.25, 0.3) is 0 Å². The van der Waals surface area contributed by atoms with Crippen molar-refractivity contribution in [2.45, 2.75) is 65.8 Å². The molecule has 18 heavy (non-hydrogen) atoms. The molecule has 0 aliphatic carbocycles. The Morgan fingerprint density at radius 1 is 1.17 bits per heavy atom. The van der Waals surface area contributed by atoms with Crippen LogP contribution in [-0.2, 0) is 11.8 Å². The molecule has 0 heterocycles. The third-order valence-corrected chi connectivity index (χ3v) is 3.56. The molecule has 2 atom stereocenters. The van der Waals surface area contributed by atoms with E-state index in [1.165, 1.54) is 16.7 Å². The van der Waals surface area contributed by atoms with Crippen molar-refractivity contribution >= 4 is 0 Å². The number of rotatable bonds is 4. The Hall–Kier alpha value is -0.820. The van der Waals surface area contributed by atoms with Crippen molar-refractivity contribution in [1.82, 2.24) is 0 Å². The lowest BCUT2D eigenvalue weighted by atomic mass is 9.83. The van der Waals surface area contributed by atoms with E-state index in [2.05, 4.69) is 59.7 Å². The minimum Gasteiger partial charge on any atom is -0.328 e. The molecule has 0 aliphatic heterocycles. The summed E-state index contributed by atoms with van der Waals surface area (Å²) in [6.07, 6.45) is 2.23. The van der Waals surface area contributed by atoms with E-state index >= 15 is 0 Å². The molecule has 2 unspecified atom stereocenters. The number of hydrogen-bond donors (Lipinski definition) is 1. The first kappa shape index (κ1) is 15.2. The Morgan fingerprint density at radius 2 is 1.78 bits per heavy atom. The minimum atomic E-state index is 0.229. The van der Waals surface area contributed by atoms with Crippen molar-refractivity contribution in [2.24, 2.45) is 11.7 Å². The van der Waals surface area contributed by atoms with Gasteiger partial charge in [0, 0.05) is 6.04 Å². The van der Waals surface area contributed by atoms with Gasteiger partial charge in [0.2, 0.25) is 0 Å². The fraction of sp³-hybridized carbons (Fsp3) is 0.647. The maximum atomic E-state index is 5.88. The summed E-state index contributed by atoms with van der Waals surface area (Å²) in [7, 11) is 0. The highest BCUT2D eigenvalue weighted by Crippen LogP contribution is 2.26. The van der Waals surface area contributed by atoms with Gasteiger partial charge in [-0.3, -0.25) is 0 Å². The zero-order chi connectivity index (χ0) is 13.9. The fourth-order valence-corrected chi connectivity index (χ4v) is 2.45. The summed E-state index contributed by atoms with van der Waals surface area (Å²) >= 11 is 0. The molecule has 0 saturated heterocycles. The lowest BCUT2D eigenvalue weighted by Crippen LogP contribution is -2.19. The van der Waals surface area contributed by atoms with Gasteiger partial charge in [0.15, 0.2) is 0 Å². The molecule has 0 bridgehead atoms. The average Bonchev–Trinajstić information content (AvgIpc) is 2.18. The van der Waals surface area contributed by atoms with Crippen LogP contribution in [0, 0.1) is 12.8 Å². The monoisotopic (exact) mass is 247 g/mol. The van der Waals surface area contributed by atoms with Gasteiger partial charge in [0.1, 0.15) is 0 Å². The third-order valence-electron chi connectivity index (χ3n) is 3.56. The zero-order valence-corrected chi connectivity index (χ0v) is 12.9. The average molecular weight is 247 g/mol. The van der Waals surface area contributed by atoms with Gasteiger partial charge in [0.05, 0.1) is 0 Å². The Labute approximate surface area is 113 Å². The summed E-state index contributed by atoms with van der Waals surface area (Å²) in [6, 6.07) is 7.20. The van der Waals surface area contributed by atoms with E-state index in [0.29, 0.717) is 12.0 Å². The first-order valence-electron chi connectivity index (χ1n) is 7.05. The second kappa shape index (κ2) is 5.88. The van der Waals surface area contributed by atoms with Gasteiger partial charge in [-0.1, -0.05) is 45.9 Å². The van der Waals surface area contributed by atoms with Gasteiger partial charge in [-0.25, -0.2) is 0 Å². The quantitative estimate of drug-likeness (QED) is 0.847. The van der Waals surface area contributed by atoms with E-state index < -0.39 is 0 Å². The van der Waals surface area contributed by atoms with Crippen LogP contribution in [0.1, 0.15) is 57.7 Å². The lowest BCUT2D eigenvalue weighted by molar-refractivity contribution is 0.478. The fourth-order valence-electron chi connectivity index (χ4n) is 2.45. The molecule has 1 nitrogen and oxygen atoms in total. The first-order valence-corrected chi connectivity index (χ1v) is 7.05. The number of aryl methyl sites for hydroxylation is 1. The van der Waals surface area contributed by atoms with E-state index in [1.807, 2.05) is 0 Å². The maximum Gasteiger partial charge on any atom is 0.00131 e. The van der Waals surface area contributed by atoms with Crippen LogP contribution < -0.4 is 5.73 Å². The maximum absolute atomic E-state index is 5.88. The number of hydrogen-bond acceptors (Lipinski definition) is 1. The Bertz CT molecular complexity index is 385. The van der Waals surface area contributed by atoms with E-state index in [4.69, 9.17) is 5.73 Å². The minimum absolute atomic E-state index is 0.229. The zero-order valence-electron chi connectivity index (χ0n) is 12.9. The first-order chi connectivity index (χ1) is 8.20. The molecule has 0 fully saturated rings. The molecule has 0 aliphatic rings. The summed E-state index contributed by atoms with van der Waals surface area (Å²) in [5.74, 6) is 0.652. The van der Waals surface area contributed by atoms with Crippen molar-refractivity contribution in [1.29, 1.82) is 0 Å². The number of benzene rings is 1. The molecule has 1 aromatic carbocycles. The molecule has 2 N–H and O–H groups in total. The van der Waals surface area contributed by atoms with Gasteiger partial charge in [0.25, 0.3) is 0 Å². The molecule has 1 rings (SSSR count). The van der Waals surface area contributed by atoms with Crippen LogP contribution in [-0.4, -0.2) is 6.04 Å². The highest BCUT2D eigenvalue weighted by atomic mass is 14.6. The summed E-state index contributed by atoms with van der Waals surface area (Å²) in [4.78, 5) is 0. The van der Waals surface area contributed by atoms with E-state index in [-0.39, 0.29) is 5.41 Å². The lowest BCUT2D eigenvalue weighted by Gasteiger charge is -2.22. The van der Waals surface area contributed by atoms with Gasteiger partial charge in [-0.2, -0.15) is 0 Å². The molecule has 0 spiro atoms. The smallest absolute Gasteiger partial charge is 0.00131 e. The Morgan fingerprint density at radius 3 is 2.28 bits per heavy atom. The van der Waals surface area contributed by atoms with Gasteiger partial charge in [-0.05, 0) is 54.7 Å². The molecular weight excluding hydrogens is 218 g/mol. The van der Waals surface area contributed by atoms with Crippen molar-refractivity contribution in [3.8, 4) is 0 Å². The van der Waals surface area contributed by atoms with Gasteiger partial charge in [-0.15, -0.1) is 0 Å². The highest BCUT2D eigenvalue weighted by Gasteiger charge is 2.15. The molecule has 0 saturated carbocycles. The van der Waals surface area contributed by atoms with E-state index in [0.717, 1.165) is 12.8 Å². The Balaban J connectivity index is 2.88. The largest absolute Gasteiger partial charge is 0.328 e. The number of nitrogens with two attached hydrogens (primary N) is 1. The summed E-state index contributed by atoms with van der Waals surface area (Å²) in [6.45, 7) is 13.4. The second-order valence-electron chi connectivity index (χ2n) is 6.91. The van der Waals surface area contributed by atoms with Crippen molar-refractivity contribution in [3.63, 3.8) is 0 Å². The Kier molecular flexibility index (Phi) is 4.98.